The van der Waals surface area contributed by atoms with Gasteiger partial charge in [-0.15, -0.1) is 0 Å². The number of guanidine groups is 2. The molecule has 4 N–H and O–H groups in total. The molecular weight excluding hydrogens is 300 g/mol. The molecule has 0 unspecified atom stereocenters. The summed E-state index contributed by atoms with van der Waals surface area (Å²) in [6.07, 6.45) is 3.59. The second-order valence-corrected chi connectivity index (χ2v) is 6.05. The van der Waals surface area contributed by atoms with Gasteiger partial charge in [0.1, 0.15) is 0 Å². The number of aliphatic imine (C=N–C) groups is 2. The average Bonchev–Trinajstić information content (AvgIpc) is 3.16. The van der Waals surface area contributed by atoms with Gasteiger partial charge < -0.3 is 21.3 Å². The molecule has 1 fully saturated rings. The first-order chi connectivity index (χ1) is 11.7. The number of nitrogens with zero attached hydrogens (tertiary/aromatic N) is 4. The van der Waals surface area contributed by atoms with E-state index < -0.39 is 0 Å². The summed E-state index contributed by atoms with van der Waals surface area (Å²) in [5.41, 5.74) is 14.2. The van der Waals surface area contributed by atoms with Crippen molar-refractivity contribution in [2.24, 2.45) is 21.5 Å². The number of benzene rings is 1. The lowest BCUT2D eigenvalue weighted by Gasteiger charge is -2.29. The van der Waals surface area contributed by atoms with Crippen molar-refractivity contribution in [2.45, 2.75) is 32.7 Å². The summed E-state index contributed by atoms with van der Waals surface area (Å²) in [6.45, 7) is 6.84. The van der Waals surface area contributed by atoms with Gasteiger partial charge in [-0.2, -0.15) is 0 Å². The molecule has 1 aromatic carbocycles. The third-order valence-electron chi connectivity index (χ3n) is 4.43. The fraction of sp³-hybridized carbons (Fsp3) is 0.556. The number of hydrogen-bond donors (Lipinski definition) is 2. The predicted molar refractivity (Wildman–Crippen MR) is 101 cm³/mol. The second kappa shape index (κ2) is 9.15. The summed E-state index contributed by atoms with van der Waals surface area (Å²) in [7, 11) is 1.73. The van der Waals surface area contributed by atoms with E-state index >= 15 is 0 Å². The molecule has 2 aliphatic rings. The van der Waals surface area contributed by atoms with Crippen LogP contribution >= 0.6 is 0 Å². The van der Waals surface area contributed by atoms with E-state index in [9.17, 15) is 0 Å². The van der Waals surface area contributed by atoms with E-state index in [1.807, 2.05) is 6.92 Å². The molecule has 1 aromatic rings. The van der Waals surface area contributed by atoms with Crippen LogP contribution in [0.4, 0.5) is 0 Å². The Morgan fingerprint density at radius 1 is 1.00 bits per heavy atom. The quantitative estimate of drug-likeness (QED) is 0.602. The van der Waals surface area contributed by atoms with Gasteiger partial charge in [0.2, 0.25) is 0 Å². The van der Waals surface area contributed by atoms with Gasteiger partial charge in [0, 0.05) is 39.8 Å². The van der Waals surface area contributed by atoms with Crippen LogP contribution in [0.1, 0.15) is 30.9 Å². The maximum Gasteiger partial charge on any atom is 0.191 e. The monoisotopic (exact) mass is 330 g/mol. The second-order valence-electron chi connectivity index (χ2n) is 6.05. The van der Waals surface area contributed by atoms with E-state index in [4.69, 9.17) is 11.5 Å². The fourth-order valence-electron chi connectivity index (χ4n) is 3.04. The van der Waals surface area contributed by atoms with Gasteiger partial charge in [0.25, 0.3) is 0 Å². The van der Waals surface area contributed by atoms with Gasteiger partial charge in [0.05, 0.1) is 0 Å². The average molecular weight is 330 g/mol. The van der Waals surface area contributed by atoms with E-state index in [1.54, 1.807) is 7.05 Å². The van der Waals surface area contributed by atoms with Crippen molar-refractivity contribution < 1.29 is 0 Å². The summed E-state index contributed by atoms with van der Waals surface area (Å²) < 4.78 is 0. The molecule has 6 nitrogen and oxygen atoms in total. The lowest BCUT2D eigenvalue weighted by atomic mass is 10.0. The van der Waals surface area contributed by atoms with Crippen LogP contribution in [0.25, 0.3) is 0 Å². The third kappa shape index (κ3) is 4.88. The fourth-order valence-corrected chi connectivity index (χ4v) is 3.04. The Kier molecular flexibility index (Phi) is 6.90. The van der Waals surface area contributed by atoms with E-state index in [0.717, 1.165) is 45.1 Å². The third-order valence-corrected chi connectivity index (χ3v) is 4.43. The van der Waals surface area contributed by atoms with Gasteiger partial charge in [-0.3, -0.25) is 9.98 Å². The molecule has 1 saturated heterocycles. The van der Waals surface area contributed by atoms with Crippen molar-refractivity contribution in [3.05, 3.63) is 35.4 Å². The highest BCUT2D eigenvalue weighted by Crippen LogP contribution is 2.17. The Labute approximate surface area is 145 Å². The van der Waals surface area contributed by atoms with Crippen LogP contribution in [0, 0.1) is 0 Å². The molecule has 2 aliphatic heterocycles. The summed E-state index contributed by atoms with van der Waals surface area (Å²) in [5, 5.41) is 0. The highest BCUT2D eigenvalue weighted by Gasteiger charge is 2.16. The van der Waals surface area contributed by atoms with Gasteiger partial charge in [-0.1, -0.05) is 24.3 Å². The standard InChI is InChI=1S/C11H15N3.C7H15N3/c1-13-11(12)14-7-6-9-4-2-3-5-10(9)8-14;1-2-9-7(8)10-5-3-4-6-10/h2-5H,6-8H2,1H3,(H2,12,13);2-6H2,1H3,(H2,8,9). The molecule has 0 aliphatic carbocycles. The van der Waals surface area contributed by atoms with Gasteiger partial charge >= 0.3 is 0 Å². The molecular formula is C18H30N6. The molecule has 0 bridgehead atoms. The molecule has 0 amide bonds. The number of hydrogen-bond acceptors (Lipinski definition) is 2. The first kappa shape index (κ1) is 18.1. The number of likely N-dealkylation sites (tertiary alicyclic amines) is 1. The van der Waals surface area contributed by atoms with E-state index in [1.165, 1.54) is 24.0 Å². The topological polar surface area (TPSA) is 83.2 Å². The first-order valence-corrected chi connectivity index (χ1v) is 8.74. The highest BCUT2D eigenvalue weighted by molar-refractivity contribution is 5.78. The van der Waals surface area contributed by atoms with Crippen molar-refractivity contribution in [3.63, 3.8) is 0 Å². The Bertz CT molecular complexity index is 575. The van der Waals surface area contributed by atoms with Crippen LogP contribution in [-0.4, -0.2) is 54.9 Å². The zero-order chi connectivity index (χ0) is 17.4. The smallest absolute Gasteiger partial charge is 0.191 e. The molecule has 2 heterocycles. The summed E-state index contributed by atoms with van der Waals surface area (Å²) in [5.74, 6) is 1.36. The molecule has 0 atom stereocenters. The Hall–Kier alpha value is -2.24. The van der Waals surface area contributed by atoms with Crippen LogP contribution in [-0.2, 0) is 13.0 Å². The Morgan fingerprint density at radius 2 is 1.67 bits per heavy atom. The van der Waals surface area contributed by atoms with E-state index in [-0.39, 0.29) is 0 Å². The molecule has 0 saturated carbocycles. The summed E-state index contributed by atoms with van der Waals surface area (Å²) in [4.78, 5) is 12.4. The molecule has 3 rings (SSSR count). The van der Waals surface area contributed by atoms with Crippen molar-refractivity contribution in [1.82, 2.24) is 9.80 Å². The first-order valence-electron chi connectivity index (χ1n) is 8.74. The normalized spacial score (nSPS) is 18.1. The van der Waals surface area contributed by atoms with E-state index in [2.05, 4.69) is 44.1 Å². The van der Waals surface area contributed by atoms with Gasteiger partial charge in [-0.05, 0) is 37.3 Å². The van der Waals surface area contributed by atoms with E-state index in [0.29, 0.717) is 5.96 Å². The minimum absolute atomic E-state index is 0.638. The van der Waals surface area contributed by atoms with Crippen LogP contribution in [0.15, 0.2) is 34.3 Å². The molecule has 0 aromatic heterocycles. The van der Waals surface area contributed by atoms with Crippen LogP contribution in [0.5, 0.6) is 0 Å². The predicted octanol–water partition coefficient (Wildman–Crippen LogP) is 1.41. The minimum Gasteiger partial charge on any atom is -0.370 e. The number of fused-ring (bicyclic) bond motifs is 1. The van der Waals surface area contributed by atoms with Crippen LogP contribution < -0.4 is 11.5 Å². The number of nitrogens with two attached hydrogens (primary N) is 2. The van der Waals surface area contributed by atoms with Crippen molar-refractivity contribution in [1.29, 1.82) is 0 Å². The maximum atomic E-state index is 5.78. The van der Waals surface area contributed by atoms with Crippen molar-refractivity contribution in [2.75, 3.05) is 33.2 Å². The van der Waals surface area contributed by atoms with Gasteiger partial charge in [0.15, 0.2) is 11.9 Å². The molecule has 0 radical (unpaired) electrons. The maximum absolute atomic E-state index is 5.78. The molecule has 6 heteroatoms. The summed E-state index contributed by atoms with van der Waals surface area (Å²) >= 11 is 0. The van der Waals surface area contributed by atoms with Crippen molar-refractivity contribution in [3.8, 4) is 0 Å². The molecule has 132 valence electrons. The van der Waals surface area contributed by atoms with Crippen molar-refractivity contribution >= 4 is 11.9 Å². The highest BCUT2D eigenvalue weighted by atomic mass is 15.3. The SMILES string of the molecule is CCN=C(N)N1CCCC1.CN=C(N)N1CCc2ccccc2C1. The lowest BCUT2D eigenvalue weighted by Crippen LogP contribution is -2.40. The molecule has 24 heavy (non-hydrogen) atoms. The van der Waals surface area contributed by atoms with Crippen LogP contribution in [0.2, 0.25) is 0 Å². The zero-order valence-electron chi connectivity index (χ0n) is 14.9. The minimum atomic E-state index is 0.638. The Balaban J connectivity index is 0.000000185. The lowest BCUT2D eigenvalue weighted by molar-refractivity contribution is 0.389. The zero-order valence-corrected chi connectivity index (χ0v) is 14.9. The summed E-state index contributed by atoms with van der Waals surface area (Å²) in [6, 6.07) is 8.50. The largest absolute Gasteiger partial charge is 0.370 e. The Morgan fingerprint density at radius 3 is 2.29 bits per heavy atom. The van der Waals surface area contributed by atoms with Gasteiger partial charge in [-0.25, -0.2) is 0 Å². The number of rotatable bonds is 1. The molecule has 0 spiro atoms. The van der Waals surface area contributed by atoms with Crippen LogP contribution in [0.3, 0.4) is 0 Å².